The molecule has 1 aromatic carbocycles. The summed E-state index contributed by atoms with van der Waals surface area (Å²) in [4.78, 5) is 10.6. The highest BCUT2D eigenvalue weighted by Gasteiger charge is 2.32. The minimum atomic E-state index is -4.77. The first-order valence-corrected chi connectivity index (χ1v) is 11.4. The molecular weight excluding hydrogens is 479 g/mol. The van der Waals surface area contributed by atoms with E-state index >= 15 is 0 Å². The fraction of sp³-hybridized carbons (Fsp3) is 0.292. The number of alkyl halides is 3. The molecule has 11 heteroatoms. The van der Waals surface area contributed by atoms with E-state index in [-0.39, 0.29) is 17.5 Å². The average molecular weight is 504 g/mol. The van der Waals surface area contributed by atoms with Crippen LogP contribution in [-0.2, 0) is 0 Å². The molecule has 1 aliphatic rings. The number of aromatic nitrogens is 2. The van der Waals surface area contributed by atoms with Gasteiger partial charge in [-0.2, -0.15) is 0 Å². The lowest BCUT2D eigenvalue weighted by Gasteiger charge is -2.33. The molecule has 0 bridgehead atoms. The molecule has 184 valence electrons. The Morgan fingerprint density at radius 3 is 2.57 bits per heavy atom. The highest BCUT2D eigenvalue weighted by molar-refractivity contribution is 7.80. The van der Waals surface area contributed by atoms with Gasteiger partial charge in [0.2, 0.25) is 0 Å². The van der Waals surface area contributed by atoms with Crippen LogP contribution in [0.25, 0.3) is 0 Å². The summed E-state index contributed by atoms with van der Waals surface area (Å²) in [6.07, 6.45) is 1.97. The number of rotatable bonds is 6. The number of aryl methyl sites for hydroxylation is 1. The minimum Gasteiger partial charge on any atom is -0.457 e. The van der Waals surface area contributed by atoms with Crippen molar-refractivity contribution in [3.05, 3.63) is 66.6 Å². The molecule has 0 unspecified atom stereocenters. The van der Waals surface area contributed by atoms with Gasteiger partial charge in [-0.05, 0) is 61.8 Å². The van der Waals surface area contributed by atoms with Crippen molar-refractivity contribution in [3.8, 4) is 17.2 Å². The van der Waals surface area contributed by atoms with Gasteiger partial charge in [0, 0.05) is 43.7 Å². The summed E-state index contributed by atoms with van der Waals surface area (Å²) in [7, 11) is 0. The zero-order chi connectivity index (χ0) is 24.8. The fourth-order valence-electron chi connectivity index (χ4n) is 3.69. The van der Waals surface area contributed by atoms with E-state index in [2.05, 4.69) is 30.2 Å². The summed E-state index contributed by atoms with van der Waals surface area (Å²) < 4.78 is 47.8. The third kappa shape index (κ3) is 7.19. The number of nitrogens with zero attached hydrogens (tertiary/aromatic N) is 3. The van der Waals surface area contributed by atoms with E-state index in [4.69, 9.17) is 17.0 Å². The summed E-state index contributed by atoms with van der Waals surface area (Å²) >= 11 is 5.40. The Morgan fingerprint density at radius 2 is 1.86 bits per heavy atom. The number of thiocarbonyl (C=S) groups is 1. The van der Waals surface area contributed by atoms with E-state index in [1.165, 1.54) is 19.1 Å². The van der Waals surface area contributed by atoms with Crippen molar-refractivity contribution in [1.29, 1.82) is 0 Å². The summed E-state index contributed by atoms with van der Waals surface area (Å²) in [5.74, 6) is 1.15. The molecule has 0 saturated carbocycles. The van der Waals surface area contributed by atoms with E-state index in [9.17, 15) is 13.2 Å². The van der Waals surface area contributed by atoms with Crippen molar-refractivity contribution >= 4 is 28.8 Å². The Bertz CT molecular complexity index is 1160. The third-order valence-corrected chi connectivity index (χ3v) is 5.63. The van der Waals surface area contributed by atoms with Crippen LogP contribution in [0.5, 0.6) is 17.2 Å². The standard InChI is InChI=1S/C24H24F3N5O2S/c1-16-4-5-19(13-21(16)34-24(25,26)27)33-20-6-10-29-22(14-20)32-11-7-17(8-12-32)30-23(35)31-18-3-2-9-28-15-18/h2-6,9-10,13-15,17H,7-8,11-12H2,1H3,(H2,30,31,35). The molecule has 0 atom stereocenters. The van der Waals surface area contributed by atoms with Gasteiger partial charge < -0.3 is 25.0 Å². The minimum absolute atomic E-state index is 0.224. The number of benzene rings is 1. The largest absolute Gasteiger partial charge is 0.573 e. The van der Waals surface area contributed by atoms with Crippen molar-refractivity contribution in [1.82, 2.24) is 15.3 Å². The number of nitrogens with one attached hydrogen (secondary N) is 2. The summed E-state index contributed by atoms with van der Waals surface area (Å²) in [5, 5.41) is 7.02. The molecular formula is C24H24F3N5O2S. The predicted octanol–water partition coefficient (Wildman–Crippen LogP) is 5.43. The summed E-state index contributed by atoms with van der Waals surface area (Å²) in [6, 6.07) is 11.7. The van der Waals surface area contributed by atoms with Crippen LogP contribution in [0, 0.1) is 6.92 Å². The zero-order valence-electron chi connectivity index (χ0n) is 18.9. The van der Waals surface area contributed by atoms with Crippen molar-refractivity contribution < 1.29 is 22.6 Å². The van der Waals surface area contributed by atoms with Crippen molar-refractivity contribution in [3.63, 3.8) is 0 Å². The Balaban J connectivity index is 1.33. The fourth-order valence-corrected chi connectivity index (χ4v) is 3.98. The SMILES string of the molecule is Cc1ccc(Oc2ccnc(N3CCC(NC(=S)Nc4cccnc4)CC3)c2)cc1OC(F)(F)F. The Kier molecular flexibility index (Phi) is 7.54. The van der Waals surface area contributed by atoms with Crippen molar-refractivity contribution in [2.24, 2.45) is 0 Å². The van der Waals surface area contributed by atoms with Crippen LogP contribution in [0.2, 0.25) is 0 Å². The quantitative estimate of drug-likeness (QED) is 0.432. The summed E-state index contributed by atoms with van der Waals surface area (Å²) in [5.41, 5.74) is 1.19. The molecule has 2 N–H and O–H groups in total. The molecule has 1 fully saturated rings. The number of hydrogen-bond donors (Lipinski definition) is 2. The van der Waals surface area contributed by atoms with Gasteiger partial charge in [0.25, 0.3) is 0 Å². The predicted molar refractivity (Wildman–Crippen MR) is 131 cm³/mol. The molecule has 3 heterocycles. The smallest absolute Gasteiger partial charge is 0.457 e. The van der Waals surface area contributed by atoms with Gasteiger partial charge in [0.05, 0.1) is 11.9 Å². The molecule has 4 rings (SSSR count). The van der Waals surface area contributed by atoms with Crippen molar-refractivity contribution in [2.75, 3.05) is 23.3 Å². The lowest BCUT2D eigenvalue weighted by atomic mass is 10.1. The monoisotopic (exact) mass is 503 g/mol. The molecule has 3 aromatic rings. The first kappa shape index (κ1) is 24.5. The maximum absolute atomic E-state index is 12.6. The van der Waals surface area contributed by atoms with Gasteiger partial charge in [-0.25, -0.2) is 4.98 Å². The number of piperidine rings is 1. The van der Waals surface area contributed by atoms with Crippen LogP contribution >= 0.6 is 12.2 Å². The van der Waals surface area contributed by atoms with Crippen molar-refractivity contribution in [2.45, 2.75) is 32.2 Å². The number of hydrogen-bond acceptors (Lipinski definition) is 6. The maximum Gasteiger partial charge on any atom is 0.573 e. The number of halogens is 3. The molecule has 1 aliphatic heterocycles. The number of ether oxygens (including phenoxy) is 2. The molecule has 35 heavy (non-hydrogen) atoms. The highest BCUT2D eigenvalue weighted by atomic mass is 32.1. The Labute approximate surface area is 206 Å². The van der Waals surface area contributed by atoms with Crippen LogP contribution in [0.15, 0.2) is 61.1 Å². The first-order valence-electron chi connectivity index (χ1n) is 11.0. The first-order chi connectivity index (χ1) is 16.7. The number of pyridine rings is 2. The zero-order valence-corrected chi connectivity index (χ0v) is 19.7. The van der Waals surface area contributed by atoms with E-state index < -0.39 is 6.36 Å². The molecule has 0 amide bonds. The average Bonchev–Trinajstić information content (AvgIpc) is 2.82. The molecule has 1 saturated heterocycles. The van der Waals surface area contributed by atoms with E-state index in [0.717, 1.165) is 37.4 Å². The van der Waals surface area contributed by atoms with E-state index in [1.54, 1.807) is 36.8 Å². The van der Waals surface area contributed by atoms with Gasteiger partial charge in [-0.1, -0.05) is 6.07 Å². The molecule has 7 nitrogen and oxygen atoms in total. The molecule has 0 spiro atoms. The Morgan fingerprint density at radius 1 is 1.09 bits per heavy atom. The lowest BCUT2D eigenvalue weighted by Crippen LogP contribution is -2.46. The summed E-state index contributed by atoms with van der Waals surface area (Å²) in [6.45, 7) is 3.06. The van der Waals surface area contributed by atoms with Gasteiger partial charge >= 0.3 is 6.36 Å². The number of anilines is 2. The molecule has 0 radical (unpaired) electrons. The van der Waals surface area contributed by atoms with Gasteiger partial charge in [-0.3, -0.25) is 4.98 Å². The Hall–Kier alpha value is -3.60. The van der Waals surface area contributed by atoms with Gasteiger partial charge in [0.1, 0.15) is 23.1 Å². The molecule has 2 aromatic heterocycles. The third-order valence-electron chi connectivity index (χ3n) is 5.41. The highest BCUT2D eigenvalue weighted by Crippen LogP contribution is 2.32. The van der Waals surface area contributed by atoms with E-state index in [1.807, 2.05) is 12.1 Å². The molecule has 0 aliphatic carbocycles. The second-order valence-electron chi connectivity index (χ2n) is 8.03. The maximum atomic E-state index is 12.6. The van der Waals surface area contributed by atoms with Crippen LogP contribution in [-0.4, -0.2) is 40.6 Å². The lowest BCUT2D eigenvalue weighted by molar-refractivity contribution is -0.274. The van der Waals surface area contributed by atoms with Crippen LogP contribution in [0.3, 0.4) is 0 Å². The topological polar surface area (TPSA) is 71.5 Å². The normalized spacial score (nSPS) is 14.3. The van der Waals surface area contributed by atoms with E-state index in [0.29, 0.717) is 16.4 Å². The van der Waals surface area contributed by atoms with Crippen LogP contribution in [0.1, 0.15) is 18.4 Å². The van der Waals surface area contributed by atoms with Crippen LogP contribution in [0.4, 0.5) is 24.7 Å². The van der Waals surface area contributed by atoms with Gasteiger partial charge in [-0.15, -0.1) is 13.2 Å². The second kappa shape index (κ2) is 10.8. The van der Waals surface area contributed by atoms with Crippen LogP contribution < -0.4 is 25.0 Å². The second-order valence-corrected chi connectivity index (χ2v) is 8.44. The van der Waals surface area contributed by atoms with Gasteiger partial charge in [0.15, 0.2) is 5.11 Å².